The molecule has 156 valence electrons. The maximum Gasteiger partial charge on any atom is 0.407 e. The number of carbonyl (C=O) groups is 2. The van der Waals surface area contributed by atoms with Crippen LogP contribution in [-0.2, 0) is 9.53 Å². The zero-order valence-corrected chi connectivity index (χ0v) is 16.5. The smallest absolute Gasteiger partial charge is 0.407 e. The molecule has 3 rings (SSSR count). The van der Waals surface area contributed by atoms with Gasteiger partial charge in [0.05, 0.1) is 6.42 Å². The van der Waals surface area contributed by atoms with Gasteiger partial charge in [0, 0.05) is 23.4 Å². The minimum absolute atomic E-state index is 0.0510. The van der Waals surface area contributed by atoms with Crippen LogP contribution in [0.1, 0.15) is 42.7 Å². The number of unbranched alkanes of at least 4 members (excludes halogenated alkanes) is 1. The number of azide groups is 1. The van der Waals surface area contributed by atoms with Gasteiger partial charge in [-0.15, -0.1) is 0 Å². The lowest BCUT2D eigenvalue weighted by Gasteiger charge is -2.19. The minimum atomic E-state index is -0.992. The third-order valence-electron chi connectivity index (χ3n) is 5.21. The highest BCUT2D eigenvalue weighted by Crippen LogP contribution is 2.44. The molecule has 1 aliphatic rings. The average Bonchev–Trinajstić information content (AvgIpc) is 3.05. The largest absolute Gasteiger partial charge is 0.481 e. The Morgan fingerprint density at radius 1 is 1.10 bits per heavy atom. The fourth-order valence-corrected chi connectivity index (χ4v) is 3.86. The zero-order valence-electron chi connectivity index (χ0n) is 16.5. The van der Waals surface area contributed by atoms with Crippen LogP contribution in [0.15, 0.2) is 53.6 Å². The van der Waals surface area contributed by atoms with Crippen LogP contribution >= 0.6 is 0 Å². The number of carbonyl (C=O) groups excluding carboxylic acids is 1. The fourth-order valence-electron chi connectivity index (χ4n) is 3.86. The predicted molar refractivity (Wildman–Crippen MR) is 112 cm³/mol. The van der Waals surface area contributed by atoms with Crippen molar-refractivity contribution in [3.8, 4) is 11.1 Å². The highest BCUT2D eigenvalue weighted by Gasteiger charge is 2.29. The van der Waals surface area contributed by atoms with E-state index < -0.39 is 18.1 Å². The molecule has 0 saturated carbocycles. The van der Waals surface area contributed by atoms with Crippen molar-refractivity contribution in [2.45, 2.75) is 37.6 Å². The second kappa shape index (κ2) is 10.3. The van der Waals surface area contributed by atoms with Gasteiger partial charge in [-0.3, -0.25) is 4.79 Å². The second-order valence-electron chi connectivity index (χ2n) is 7.21. The molecule has 0 radical (unpaired) electrons. The van der Waals surface area contributed by atoms with E-state index >= 15 is 0 Å². The SMILES string of the molecule is [N-]=[N+]=NCCCC[C@@H](CC(=O)O)NC(=O)OCC1c2ccccc2-c2ccccc21. The summed E-state index contributed by atoms with van der Waals surface area (Å²) in [5, 5.41) is 15.2. The normalized spacial score (nSPS) is 12.9. The van der Waals surface area contributed by atoms with Crippen LogP contribution in [0.25, 0.3) is 21.6 Å². The molecule has 2 aromatic rings. The second-order valence-corrected chi connectivity index (χ2v) is 7.21. The molecule has 0 unspecified atom stereocenters. The van der Waals surface area contributed by atoms with E-state index in [0.29, 0.717) is 25.8 Å². The Bertz CT molecular complexity index is 910. The molecule has 0 bridgehead atoms. The first-order chi connectivity index (χ1) is 14.6. The zero-order chi connectivity index (χ0) is 21.3. The van der Waals surface area contributed by atoms with Crippen LogP contribution in [-0.4, -0.2) is 36.4 Å². The summed E-state index contributed by atoms with van der Waals surface area (Å²) in [7, 11) is 0. The number of nitrogens with one attached hydrogen (secondary N) is 1. The summed E-state index contributed by atoms with van der Waals surface area (Å²) in [6.45, 7) is 0.526. The summed E-state index contributed by atoms with van der Waals surface area (Å²) >= 11 is 0. The molecule has 0 spiro atoms. The Kier molecular flexibility index (Phi) is 7.29. The molecule has 0 heterocycles. The Labute approximate surface area is 174 Å². The molecular formula is C22H24N4O4. The molecule has 1 aliphatic carbocycles. The van der Waals surface area contributed by atoms with Crippen molar-refractivity contribution in [3.63, 3.8) is 0 Å². The van der Waals surface area contributed by atoms with Crippen LogP contribution in [0, 0.1) is 0 Å². The number of amides is 1. The van der Waals surface area contributed by atoms with Crippen molar-refractivity contribution in [1.29, 1.82) is 0 Å². The van der Waals surface area contributed by atoms with Gasteiger partial charge in [-0.1, -0.05) is 60.1 Å². The minimum Gasteiger partial charge on any atom is -0.481 e. The summed E-state index contributed by atoms with van der Waals surface area (Å²) in [5.74, 6) is -1.04. The number of aliphatic carboxylic acids is 1. The number of hydrogen-bond donors (Lipinski definition) is 2. The summed E-state index contributed by atoms with van der Waals surface area (Å²) in [6.07, 6.45) is 0.925. The lowest BCUT2D eigenvalue weighted by Crippen LogP contribution is -2.37. The monoisotopic (exact) mass is 408 g/mol. The Hall–Kier alpha value is -3.51. The lowest BCUT2D eigenvalue weighted by molar-refractivity contribution is -0.137. The van der Waals surface area contributed by atoms with Crippen molar-refractivity contribution in [2.75, 3.05) is 13.2 Å². The number of benzene rings is 2. The number of fused-ring (bicyclic) bond motifs is 3. The topological polar surface area (TPSA) is 124 Å². The van der Waals surface area contributed by atoms with E-state index in [1.165, 1.54) is 0 Å². The molecule has 2 N–H and O–H groups in total. The van der Waals surface area contributed by atoms with E-state index in [4.69, 9.17) is 15.4 Å². The third-order valence-corrected chi connectivity index (χ3v) is 5.21. The van der Waals surface area contributed by atoms with Crippen LogP contribution in [0.2, 0.25) is 0 Å². The molecule has 0 fully saturated rings. The van der Waals surface area contributed by atoms with Gasteiger partial charge in [0.2, 0.25) is 0 Å². The maximum atomic E-state index is 12.4. The van der Waals surface area contributed by atoms with Gasteiger partial charge in [0.25, 0.3) is 0 Å². The van der Waals surface area contributed by atoms with E-state index in [0.717, 1.165) is 22.3 Å². The van der Waals surface area contributed by atoms with Gasteiger partial charge in [0.1, 0.15) is 6.61 Å². The molecule has 0 aliphatic heterocycles. The van der Waals surface area contributed by atoms with E-state index in [2.05, 4.69) is 27.5 Å². The number of carboxylic acids is 1. The van der Waals surface area contributed by atoms with E-state index in [1.54, 1.807) is 0 Å². The van der Waals surface area contributed by atoms with Gasteiger partial charge in [0.15, 0.2) is 0 Å². The van der Waals surface area contributed by atoms with E-state index in [1.807, 2.05) is 36.4 Å². The highest BCUT2D eigenvalue weighted by molar-refractivity contribution is 5.79. The summed E-state index contributed by atoms with van der Waals surface area (Å²) < 4.78 is 5.49. The number of nitrogens with zero attached hydrogens (tertiary/aromatic N) is 3. The molecule has 0 aromatic heterocycles. The van der Waals surface area contributed by atoms with E-state index in [-0.39, 0.29) is 18.9 Å². The van der Waals surface area contributed by atoms with Crippen LogP contribution in [0.5, 0.6) is 0 Å². The van der Waals surface area contributed by atoms with Crippen LogP contribution in [0.4, 0.5) is 4.79 Å². The van der Waals surface area contributed by atoms with Crippen molar-refractivity contribution in [1.82, 2.24) is 5.32 Å². The quantitative estimate of drug-likeness (QED) is 0.252. The maximum absolute atomic E-state index is 12.4. The third kappa shape index (κ3) is 5.30. The molecule has 2 aromatic carbocycles. The first-order valence-corrected chi connectivity index (χ1v) is 9.94. The standard InChI is InChI=1S/C22H24N4O4/c23-26-24-12-6-5-7-15(13-21(27)28)25-22(29)30-14-20-18-10-3-1-8-16(18)17-9-2-4-11-19(17)20/h1-4,8-11,15,20H,5-7,12-14H2,(H,25,29)(H,27,28)/t15-/m0/s1. The van der Waals surface area contributed by atoms with Crippen molar-refractivity contribution >= 4 is 12.1 Å². The number of ether oxygens (including phenoxy) is 1. The first-order valence-electron chi connectivity index (χ1n) is 9.94. The fraction of sp³-hybridized carbons (Fsp3) is 0.364. The van der Waals surface area contributed by atoms with Crippen molar-refractivity contribution in [2.24, 2.45) is 5.11 Å². The Morgan fingerprint density at radius 2 is 1.73 bits per heavy atom. The number of carboxylic acid groups (broad SMARTS) is 1. The van der Waals surface area contributed by atoms with Gasteiger partial charge < -0.3 is 15.2 Å². The van der Waals surface area contributed by atoms with Gasteiger partial charge in [-0.2, -0.15) is 0 Å². The molecule has 1 atom stereocenters. The average molecular weight is 408 g/mol. The predicted octanol–water partition coefficient (Wildman–Crippen LogP) is 4.85. The Balaban J connectivity index is 1.58. The molecule has 8 nitrogen and oxygen atoms in total. The molecular weight excluding hydrogens is 384 g/mol. The van der Waals surface area contributed by atoms with E-state index in [9.17, 15) is 9.59 Å². The van der Waals surface area contributed by atoms with Crippen LogP contribution < -0.4 is 5.32 Å². The van der Waals surface area contributed by atoms with Crippen LogP contribution in [0.3, 0.4) is 0 Å². The number of alkyl carbamates (subject to hydrolysis) is 1. The molecule has 8 heteroatoms. The molecule has 0 saturated heterocycles. The lowest BCUT2D eigenvalue weighted by atomic mass is 9.98. The van der Waals surface area contributed by atoms with Gasteiger partial charge in [-0.05, 0) is 40.6 Å². The first kappa shape index (κ1) is 21.2. The van der Waals surface area contributed by atoms with Crippen molar-refractivity contribution < 1.29 is 19.4 Å². The summed E-state index contributed by atoms with van der Waals surface area (Å²) in [5.41, 5.74) is 12.8. The molecule has 30 heavy (non-hydrogen) atoms. The molecule has 1 amide bonds. The number of rotatable bonds is 10. The van der Waals surface area contributed by atoms with Gasteiger partial charge in [-0.25, -0.2) is 4.79 Å². The van der Waals surface area contributed by atoms with Crippen molar-refractivity contribution in [3.05, 3.63) is 70.1 Å². The number of hydrogen-bond acceptors (Lipinski definition) is 4. The highest BCUT2D eigenvalue weighted by atomic mass is 16.5. The summed E-state index contributed by atoms with van der Waals surface area (Å²) in [4.78, 5) is 26.2. The Morgan fingerprint density at radius 3 is 2.33 bits per heavy atom. The van der Waals surface area contributed by atoms with Gasteiger partial charge >= 0.3 is 12.1 Å². The summed E-state index contributed by atoms with van der Waals surface area (Å²) in [6, 6.07) is 15.6.